The monoisotopic (exact) mass is 558 g/mol. The number of aliphatic imine (C=N–C) groups is 1. The molecule has 0 fully saturated rings. The van der Waals surface area contributed by atoms with Crippen molar-refractivity contribution in [1.82, 2.24) is 15.5 Å². The van der Waals surface area contributed by atoms with E-state index in [9.17, 15) is 18.0 Å². The fraction of sp³-hybridized carbons (Fsp3) is 0.619. The van der Waals surface area contributed by atoms with Crippen LogP contribution in [0.2, 0.25) is 0 Å². The van der Waals surface area contributed by atoms with Crippen LogP contribution in [0.25, 0.3) is 0 Å². The maximum absolute atomic E-state index is 13.4. The molecule has 178 valence electrons. The zero-order chi connectivity index (χ0) is 22.7. The number of benzene rings is 1. The molecule has 0 aromatic heterocycles. The molecule has 0 aliphatic heterocycles. The van der Waals surface area contributed by atoms with Gasteiger partial charge in [0.05, 0.1) is 5.56 Å². The number of amides is 1. The molecule has 0 spiro atoms. The van der Waals surface area contributed by atoms with Gasteiger partial charge in [0.25, 0.3) is 0 Å². The topological polar surface area (TPSA) is 66.0 Å². The lowest BCUT2D eigenvalue weighted by Gasteiger charge is -2.26. The van der Waals surface area contributed by atoms with Gasteiger partial charge in [-0.25, -0.2) is 4.99 Å². The van der Waals surface area contributed by atoms with Crippen LogP contribution in [0.15, 0.2) is 29.3 Å². The third-order valence-corrected chi connectivity index (χ3v) is 4.70. The molecule has 0 heterocycles. The average Bonchev–Trinajstić information content (AvgIpc) is 2.69. The second-order valence-electron chi connectivity index (χ2n) is 7.24. The van der Waals surface area contributed by atoms with Gasteiger partial charge in [-0.3, -0.25) is 4.79 Å². The lowest BCUT2D eigenvalue weighted by molar-refractivity contribution is -0.138. The molecule has 10 heteroatoms. The number of carbonyl (C=O) groups is 1. The molecule has 0 bridgehead atoms. The molecule has 0 aliphatic carbocycles. The summed E-state index contributed by atoms with van der Waals surface area (Å²) in [4.78, 5) is 17.6. The van der Waals surface area contributed by atoms with Crippen molar-refractivity contribution < 1.29 is 22.7 Å². The number of likely N-dealkylation sites (N-methyl/N-ethyl adjacent to an activating group) is 1. The smallest absolute Gasteiger partial charge is 0.382 e. The van der Waals surface area contributed by atoms with Gasteiger partial charge in [-0.1, -0.05) is 25.1 Å². The van der Waals surface area contributed by atoms with Gasteiger partial charge in [0.15, 0.2) is 5.96 Å². The molecule has 31 heavy (non-hydrogen) atoms. The van der Waals surface area contributed by atoms with E-state index >= 15 is 0 Å². The Kier molecular flexibility index (Phi) is 13.8. The van der Waals surface area contributed by atoms with Crippen LogP contribution in [0.1, 0.15) is 44.2 Å². The van der Waals surface area contributed by atoms with Crippen molar-refractivity contribution in [3.8, 4) is 0 Å². The van der Waals surface area contributed by atoms with Gasteiger partial charge in [0.2, 0.25) is 5.91 Å². The number of guanidine groups is 1. The molecule has 0 aliphatic rings. The molecule has 0 radical (unpaired) electrons. The number of nitrogens with zero attached hydrogens (tertiary/aromatic N) is 2. The van der Waals surface area contributed by atoms with Crippen LogP contribution in [-0.2, 0) is 15.7 Å². The second kappa shape index (κ2) is 14.5. The number of ether oxygens (including phenoxy) is 1. The molecule has 0 saturated carbocycles. The van der Waals surface area contributed by atoms with Crippen molar-refractivity contribution >= 4 is 35.8 Å². The number of alkyl halides is 3. The lowest BCUT2D eigenvalue weighted by Crippen LogP contribution is -2.45. The van der Waals surface area contributed by atoms with Crippen molar-refractivity contribution in [3.63, 3.8) is 0 Å². The second-order valence-corrected chi connectivity index (χ2v) is 7.24. The lowest BCUT2D eigenvalue weighted by atomic mass is 9.90. The third-order valence-electron chi connectivity index (χ3n) is 4.70. The molecule has 2 atom stereocenters. The normalized spacial score (nSPS) is 13.7. The minimum Gasteiger partial charge on any atom is -0.382 e. The Balaban J connectivity index is 0.00000900. The van der Waals surface area contributed by atoms with Gasteiger partial charge in [-0.05, 0) is 31.9 Å². The third kappa shape index (κ3) is 10.5. The van der Waals surface area contributed by atoms with Crippen LogP contribution in [0.5, 0.6) is 0 Å². The van der Waals surface area contributed by atoms with Crippen LogP contribution >= 0.6 is 24.0 Å². The summed E-state index contributed by atoms with van der Waals surface area (Å²) < 4.78 is 45.4. The van der Waals surface area contributed by atoms with E-state index < -0.39 is 17.7 Å². The van der Waals surface area contributed by atoms with Crippen LogP contribution in [0.3, 0.4) is 0 Å². The number of carbonyl (C=O) groups excluding carboxylic acids is 1. The molecule has 1 amide bonds. The summed E-state index contributed by atoms with van der Waals surface area (Å²) in [6, 6.07) is 5.21. The summed E-state index contributed by atoms with van der Waals surface area (Å²) in [6.45, 7) is 7.15. The van der Waals surface area contributed by atoms with E-state index in [2.05, 4.69) is 15.6 Å². The predicted molar refractivity (Wildman–Crippen MR) is 128 cm³/mol. The summed E-state index contributed by atoms with van der Waals surface area (Å²) in [5, 5.41) is 6.26. The number of hydrogen-bond donors (Lipinski definition) is 2. The highest BCUT2D eigenvalue weighted by atomic mass is 127. The van der Waals surface area contributed by atoms with Crippen LogP contribution in [0.4, 0.5) is 13.2 Å². The average molecular weight is 558 g/mol. The van der Waals surface area contributed by atoms with Crippen LogP contribution in [-0.4, -0.2) is 63.2 Å². The van der Waals surface area contributed by atoms with Gasteiger partial charge >= 0.3 is 6.18 Å². The summed E-state index contributed by atoms with van der Waals surface area (Å²) >= 11 is 0. The Morgan fingerprint density at radius 2 is 1.87 bits per heavy atom. The van der Waals surface area contributed by atoms with E-state index in [0.717, 1.165) is 12.5 Å². The molecule has 1 aromatic carbocycles. The quantitative estimate of drug-likeness (QED) is 0.198. The maximum Gasteiger partial charge on any atom is 0.416 e. The first-order valence-corrected chi connectivity index (χ1v) is 10.1. The van der Waals surface area contributed by atoms with Crippen LogP contribution < -0.4 is 10.6 Å². The van der Waals surface area contributed by atoms with E-state index in [4.69, 9.17) is 4.74 Å². The predicted octanol–water partition coefficient (Wildman–Crippen LogP) is 3.87. The highest BCUT2D eigenvalue weighted by Crippen LogP contribution is 2.35. The molecule has 2 N–H and O–H groups in total. The molecule has 0 saturated heterocycles. The van der Waals surface area contributed by atoms with Gasteiger partial charge in [0, 0.05) is 45.8 Å². The highest BCUT2D eigenvalue weighted by Gasteiger charge is 2.35. The van der Waals surface area contributed by atoms with Crippen LogP contribution in [0, 0.1) is 0 Å². The number of rotatable bonds is 10. The Hall–Kier alpha value is -1.56. The van der Waals surface area contributed by atoms with Crippen molar-refractivity contribution in [1.29, 1.82) is 0 Å². The summed E-state index contributed by atoms with van der Waals surface area (Å²) in [5.41, 5.74) is -0.429. The number of nitrogens with one attached hydrogen (secondary N) is 2. The molecule has 2 unspecified atom stereocenters. The molecule has 1 rings (SSSR count). The van der Waals surface area contributed by atoms with E-state index in [1.807, 2.05) is 6.92 Å². The minimum absolute atomic E-state index is 0. The summed E-state index contributed by atoms with van der Waals surface area (Å²) in [6.07, 6.45) is -3.69. The fourth-order valence-electron chi connectivity index (χ4n) is 2.73. The Morgan fingerprint density at radius 3 is 2.45 bits per heavy atom. The number of halogens is 4. The van der Waals surface area contributed by atoms with Gasteiger partial charge < -0.3 is 20.3 Å². The first kappa shape index (κ1) is 29.4. The van der Waals surface area contributed by atoms with E-state index in [1.165, 1.54) is 17.0 Å². The van der Waals surface area contributed by atoms with E-state index in [-0.39, 0.29) is 48.0 Å². The Labute approximate surface area is 200 Å². The summed E-state index contributed by atoms with van der Waals surface area (Å²) in [5.74, 6) is -0.234. The Morgan fingerprint density at radius 1 is 1.23 bits per heavy atom. The zero-order valence-corrected chi connectivity index (χ0v) is 21.1. The minimum atomic E-state index is -4.42. The van der Waals surface area contributed by atoms with Crippen molar-refractivity contribution in [2.24, 2.45) is 4.99 Å². The molecular formula is C21H34F3IN4O2. The standard InChI is InChI=1S/C21H33F3N4O2.HI/c1-6-30-13-9-12-25-20(26-14-19(29)28(4)5)27-16(3)15(2)17-10-7-8-11-18(17)21(22,23)24;/h7-8,10-11,15-16H,6,9,12-14H2,1-5H3,(H2,25,26,27);1H. The first-order chi connectivity index (χ1) is 14.1. The summed E-state index contributed by atoms with van der Waals surface area (Å²) in [7, 11) is 3.28. The Bertz CT molecular complexity index is 699. The molecule has 1 aromatic rings. The molecule has 6 nitrogen and oxygen atoms in total. The van der Waals surface area contributed by atoms with E-state index in [0.29, 0.717) is 25.7 Å². The number of hydrogen-bond acceptors (Lipinski definition) is 3. The van der Waals surface area contributed by atoms with Gasteiger partial charge in [0.1, 0.15) is 6.54 Å². The highest BCUT2D eigenvalue weighted by molar-refractivity contribution is 14.0. The molecular weight excluding hydrogens is 524 g/mol. The fourth-order valence-corrected chi connectivity index (χ4v) is 2.73. The van der Waals surface area contributed by atoms with Crippen molar-refractivity contribution in [2.45, 2.75) is 45.3 Å². The van der Waals surface area contributed by atoms with Gasteiger partial charge in [-0.2, -0.15) is 13.2 Å². The van der Waals surface area contributed by atoms with E-state index in [1.54, 1.807) is 34.0 Å². The van der Waals surface area contributed by atoms with Gasteiger partial charge in [-0.15, -0.1) is 24.0 Å². The first-order valence-electron chi connectivity index (χ1n) is 10.1. The van der Waals surface area contributed by atoms with Crippen molar-refractivity contribution in [3.05, 3.63) is 35.4 Å². The maximum atomic E-state index is 13.4. The zero-order valence-electron chi connectivity index (χ0n) is 18.8. The SMILES string of the molecule is CCOCCCNC(=NCC(=O)N(C)C)NC(C)C(C)c1ccccc1C(F)(F)F.I. The van der Waals surface area contributed by atoms with Crippen molar-refractivity contribution in [2.75, 3.05) is 40.4 Å². The largest absolute Gasteiger partial charge is 0.416 e.